The molecule has 11 rings (SSSR count). The Bertz CT molecular complexity index is 2970. The van der Waals surface area contributed by atoms with Crippen molar-refractivity contribution in [3.63, 3.8) is 0 Å². The van der Waals surface area contributed by atoms with Crippen molar-refractivity contribution in [1.82, 2.24) is 19.9 Å². The number of benzene rings is 8. The molecule has 0 amide bonds. The third kappa shape index (κ3) is 4.88. The first-order valence-electron chi connectivity index (χ1n) is 17.9. The smallest absolute Gasteiger partial charge is 0.109 e. The number of nitrogens with zero attached hydrogens (tertiary/aromatic N) is 4. The lowest BCUT2D eigenvalue weighted by molar-refractivity contribution is 1.41. The minimum absolute atomic E-state index is 0.848. The molecule has 0 N–H and O–H groups in total. The summed E-state index contributed by atoms with van der Waals surface area (Å²) in [6.07, 6.45) is 4.04. The Morgan fingerprint density at radius 2 is 0.648 bits per heavy atom. The van der Waals surface area contributed by atoms with E-state index in [4.69, 9.17) is 19.9 Å². The first-order chi connectivity index (χ1) is 26.8. The standard InChI is InChI=1S/C48H28N4S2/c1-5-15-29(16-6-1)37-27-49-41-33-23-13-25-35-39(33)40-34(42(41)50-28-38(53-37)30-17-7-2-8-18-30)24-14-26-36(40)44-43(35)51-45-46(52-44)48(32-21-11-4-12-22-32)54-47(45)31-19-9-3-10-20-31/h1-28H. The number of aromatic nitrogens is 4. The van der Waals surface area contributed by atoms with Crippen LogP contribution in [0.25, 0.3) is 107 Å². The quantitative estimate of drug-likeness (QED) is 0.134. The third-order valence-corrected chi connectivity index (χ3v) is 12.6. The van der Waals surface area contributed by atoms with Gasteiger partial charge in [-0.1, -0.05) is 158 Å². The first-order valence-corrected chi connectivity index (χ1v) is 19.5. The Morgan fingerprint density at radius 3 is 1.04 bits per heavy atom. The fourth-order valence-corrected chi connectivity index (χ4v) is 9.88. The predicted molar refractivity (Wildman–Crippen MR) is 229 cm³/mol. The minimum atomic E-state index is 0.848. The van der Waals surface area contributed by atoms with Gasteiger partial charge in [0.25, 0.3) is 0 Å². The molecule has 252 valence electrons. The summed E-state index contributed by atoms with van der Waals surface area (Å²) < 4.78 is 0. The van der Waals surface area contributed by atoms with Gasteiger partial charge in [-0.2, -0.15) is 0 Å². The maximum absolute atomic E-state index is 5.57. The van der Waals surface area contributed by atoms with Gasteiger partial charge >= 0.3 is 0 Å². The monoisotopic (exact) mass is 724 g/mol. The van der Waals surface area contributed by atoms with Crippen LogP contribution in [0.4, 0.5) is 0 Å². The van der Waals surface area contributed by atoms with Gasteiger partial charge in [0.15, 0.2) is 0 Å². The molecule has 3 heterocycles. The molecule has 0 unspecified atom stereocenters. The second kappa shape index (κ2) is 12.5. The van der Waals surface area contributed by atoms with Crippen LogP contribution in [-0.4, -0.2) is 19.9 Å². The van der Waals surface area contributed by atoms with E-state index in [1.54, 1.807) is 22.7 Å². The second-order valence-corrected chi connectivity index (χ2v) is 15.4. The summed E-state index contributed by atoms with van der Waals surface area (Å²) in [4.78, 5) is 26.1. The van der Waals surface area contributed by atoms with Gasteiger partial charge < -0.3 is 0 Å². The summed E-state index contributed by atoms with van der Waals surface area (Å²) in [5.74, 6) is 0. The molecule has 0 spiro atoms. The molecule has 8 aromatic carbocycles. The number of rotatable bonds is 4. The van der Waals surface area contributed by atoms with Crippen molar-refractivity contribution < 1.29 is 0 Å². The summed E-state index contributed by atoms with van der Waals surface area (Å²) in [5.41, 5.74) is 9.82. The fourth-order valence-electron chi connectivity index (χ4n) is 7.74. The van der Waals surface area contributed by atoms with Crippen LogP contribution >= 0.6 is 22.7 Å². The molecule has 3 aromatic heterocycles. The number of thiophene rings is 1. The molecule has 0 aliphatic heterocycles. The fraction of sp³-hybridized carbons (Fsp3) is 0. The molecule has 54 heavy (non-hydrogen) atoms. The Balaban J connectivity index is 1.30. The van der Waals surface area contributed by atoms with Gasteiger partial charge in [-0.05, 0) is 22.3 Å². The van der Waals surface area contributed by atoms with Crippen LogP contribution in [0.5, 0.6) is 0 Å². The number of hydrogen-bond acceptors (Lipinski definition) is 6. The molecular weight excluding hydrogens is 697 g/mol. The lowest BCUT2D eigenvalue weighted by Crippen LogP contribution is -1.94. The molecule has 0 aliphatic rings. The van der Waals surface area contributed by atoms with Gasteiger partial charge in [0.05, 0.1) is 41.6 Å². The minimum Gasteiger partial charge on any atom is -0.252 e. The maximum Gasteiger partial charge on any atom is 0.109 e. The van der Waals surface area contributed by atoms with Gasteiger partial charge in [-0.3, -0.25) is 9.97 Å². The summed E-state index contributed by atoms with van der Waals surface area (Å²) >= 11 is 3.45. The molecule has 6 heteroatoms. The van der Waals surface area contributed by atoms with Crippen LogP contribution in [0.2, 0.25) is 0 Å². The highest BCUT2D eigenvalue weighted by atomic mass is 32.1. The molecule has 4 nitrogen and oxygen atoms in total. The van der Waals surface area contributed by atoms with Gasteiger partial charge in [0.1, 0.15) is 11.0 Å². The Labute approximate surface area is 318 Å². The van der Waals surface area contributed by atoms with E-state index in [2.05, 4.69) is 146 Å². The van der Waals surface area contributed by atoms with Crippen LogP contribution < -0.4 is 0 Å². The summed E-state index contributed by atoms with van der Waals surface area (Å²) in [6.45, 7) is 0. The van der Waals surface area contributed by atoms with E-state index in [-0.39, 0.29) is 0 Å². The van der Waals surface area contributed by atoms with Crippen LogP contribution in [0, 0.1) is 0 Å². The molecule has 0 fully saturated rings. The van der Waals surface area contributed by atoms with Crippen molar-refractivity contribution in [1.29, 1.82) is 0 Å². The lowest BCUT2D eigenvalue weighted by atomic mass is 9.91. The predicted octanol–water partition coefficient (Wildman–Crippen LogP) is 13.5. The average molecular weight is 725 g/mol. The zero-order chi connectivity index (χ0) is 35.6. The van der Waals surface area contributed by atoms with Crippen molar-refractivity contribution in [2.24, 2.45) is 0 Å². The Hall–Kier alpha value is -6.60. The zero-order valence-electron chi connectivity index (χ0n) is 28.8. The van der Waals surface area contributed by atoms with Crippen molar-refractivity contribution >= 4 is 88.1 Å². The molecular formula is C48H28N4S2. The molecule has 0 atom stereocenters. The van der Waals surface area contributed by atoms with E-state index >= 15 is 0 Å². The van der Waals surface area contributed by atoms with Crippen molar-refractivity contribution in [2.45, 2.75) is 0 Å². The maximum atomic E-state index is 5.57. The van der Waals surface area contributed by atoms with Crippen LogP contribution in [0.3, 0.4) is 0 Å². The largest absolute Gasteiger partial charge is 0.252 e. The van der Waals surface area contributed by atoms with E-state index in [1.807, 2.05) is 24.5 Å². The third-order valence-electron chi connectivity index (χ3n) is 10.2. The second-order valence-electron chi connectivity index (χ2n) is 13.3. The van der Waals surface area contributed by atoms with E-state index in [1.165, 1.54) is 0 Å². The van der Waals surface area contributed by atoms with Gasteiger partial charge in [-0.15, -0.1) is 22.7 Å². The van der Waals surface area contributed by atoms with E-state index < -0.39 is 0 Å². The van der Waals surface area contributed by atoms with Crippen LogP contribution in [-0.2, 0) is 0 Å². The normalized spacial score (nSPS) is 11.7. The average Bonchev–Trinajstić information content (AvgIpc) is 3.66. The summed E-state index contributed by atoms with van der Waals surface area (Å²) in [6, 6.07) is 55.1. The van der Waals surface area contributed by atoms with E-state index in [0.717, 1.165) is 107 Å². The van der Waals surface area contributed by atoms with Crippen LogP contribution in [0.15, 0.2) is 170 Å². The van der Waals surface area contributed by atoms with Crippen molar-refractivity contribution in [2.75, 3.05) is 0 Å². The molecule has 0 radical (unpaired) electrons. The molecule has 0 bridgehead atoms. The first kappa shape index (κ1) is 31.0. The SMILES string of the molecule is c1ccc(-c2cnc3c4cccc5c6nc7c(-c8ccccc8)sc(-c8ccccc8)c7nc6c6cccc(c3ncc(-c3ccccc3)s2)c6c45)cc1. The Kier molecular flexibility index (Phi) is 7.18. The molecule has 0 saturated heterocycles. The molecule has 0 aliphatic carbocycles. The zero-order valence-corrected chi connectivity index (χ0v) is 30.4. The number of fused-ring (bicyclic) bond motifs is 7. The van der Waals surface area contributed by atoms with Gasteiger partial charge in [0.2, 0.25) is 0 Å². The topological polar surface area (TPSA) is 51.6 Å². The number of hydrogen-bond donors (Lipinski definition) is 0. The van der Waals surface area contributed by atoms with Crippen molar-refractivity contribution in [3.8, 4) is 41.8 Å². The van der Waals surface area contributed by atoms with Gasteiger partial charge in [0, 0.05) is 44.7 Å². The highest BCUT2D eigenvalue weighted by Gasteiger charge is 2.23. The van der Waals surface area contributed by atoms with E-state index in [0.29, 0.717) is 0 Å². The Morgan fingerprint density at radius 1 is 0.296 bits per heavy atom. The van der Waals surface area contributed by atoms with E-state index in [9.17, 15) is 0 Å². The molecule has 11 aromatic rings. The summed E-state index contributed by atoms with van der Waals surface area (Å²) in [7, 11) is 0. The highest BCUT2D eigenvalue weighted by Crippen LogP contribution is 2.47. The van der Waals surface area contributed by atoms with Crippen LogP contribution in [0.1, 0.15) is 0 Å². The lowest BCUT2D eigenvalue weighted by Gasteiger charge is -2.15. The molecule has 0 saturated carbocycles. The van der Waals surface area contributed by atoms with Gasteiger partial charge in [-0.25, -0.2) is 9.97 Å². The highest BCUT2D eigenvalue weighted by molar-refractivity contribution is 7.21. The summed E-state index contributed by atoms with van der Waals surface area (Å²) in [5, 5.41) is 6.48. The van der Waals surface area contributed by atoms with Crippen molar-refractivity contribution in [3.05, 3.63) is 170 Å².